The number of hydrogen-bond donors (Lipinski definition) is 3. The van der Waals surface area contributed by atoms with Gasteiger partial charge in [-0.25, -0.2) is 0 Å². The molecule has 1 aromatic carbocycles. The van der Waals surface area contributed by atoms with Gasteiger partial charge in [0.15, 0.2) is 0 Å². The highest BCUT2D eigenvalue weighted by molar-refractivity contribution is 5.99. The number of nitrogens with two attached hydrogens (primary N) is 1. The number of carbonyl (C=O) groups excluding carboxylic acids is 1. The number of likely N-dealkylation sites (tertiary alicyclic amines) is 1. The van der Waals surface area contributed by atoms with Gasteiger partial charge < -0.3 is 15.6 Å². The van der Waals surface area contributed by atoms with Gasteiger partial charge >= 0.3 is 0 Å². The van der Waals surface area contributed by atoms with E-state index in [-0.39, 0.29) is 5.91 Å². The number of hydrogen-bond acceptors (Lipinski definition) is 4. The van der Waals surface area contributed by atoms with Crippen molar-refractivity contribution in [3.63, 3.8) is 0 Å². The number of nitrogen functional groups attached to an aromatic ring is 1. The van der Waals surface area contributed by atoms with Crippen LogP contribution >= 0.6 is 0 Å². The van der Waals surface area contributed by atoms with Gasteiger partial charge in [0.05, 0.1) is 11.3 Å². The van der Waals surface area contributed by atoms with Crippen LogP contribution in [0.2, 0.25) is 0 Å². The quantitative estimate of drug-likeness (QED) is 0.558. The predicted molar refractivity (Wildman–Crippen MR) is 76.9 cm³/mol. The van der Waals surface area contributed by atoms with Crippen molar-refractivity contribution >= 4 is 11.6 Å². The Balaban J connectivity index is 1.96. The molecule has 0 spiro atoms. The molecule has 0 bridgehead atoms. The number of benzene rings is 1. The summed E-state index contributed by atoms with van der Waals surface area (Å²) >= 11 is 0. The number of carbonyl (C=O) groups is 1. The average Bonchev–Trinajstić information content (AvgIpc) is 2.81. The van der Waals surface area contributed by atoms with Crippen LogP contribution in [-0.2, 0) is 0 Å². The Labute approximate surface area is 114 Å². The molecule has 1 fully saturated rings. The van der Waals surface area contributed by atoms with Crippen molar-refractivity contribution in [3.05, 3.63) is 29.3 Å². The summed E-state index contributed by atoms with van der Waals surface area (Å²) in [6.07, 6.45) is 1.15. The standard InChI is InChI=1S/C14H22N4O/c1-10-3-4-12(13(7-10)17-15)14(19)16-8-11-5-6-18(2)9-11/h3-4,7,11,17H,5-6,8-9,15H2,1-2H3,(H,16,19). The first kappa shape index (κ1) is 13.8. The van der Waals surface area contributed by atoms with Crippen molar-refractivity contribution < 1.29 is 4.79 Å². The molecule has 19 heavy (non-hydrogen) atoms. The van der Waals surface area contributed by atoms with Gasteiger partial charge in [-0.15, -0.1) is 0 Å². The summed E-state index contributed by atoms with van der Waals surface area (Å²) in [6.45, 7) is 4.86. The van der Waals surface area contributed by atoms with Crippen molar-refractivity contribution in [2.75, 3.05) is 32.1 Å². The Kier molecular flexibility index (Phi) is 4.39. The van der Waals surface area contributed by atoms with E-state index in [1.807, 2.05) is 19.1 Å². The zero-order chi connectivity index (χ0) is 13.8. The fourth-order valence-corrected chi connectivity index (χ4v) is 2.50. The van der Waals surface area contributed by atoms with Crippen molar-refractivity contribution in [1.29, 1.82) is 0 Å². The highest BCUT2D eigenvalue weighted by Gasteiger charge is 2.20. The van der Waals surface area contributed by atoms with E-state index < -0.39 is 0 Å². The summed E-state index contributed by atoms with van der Waals surface area (Å²) in [5, 5.41) is 2.99. The van der Waals surface area contributed by atoms with Crippen LogP contribution in [-0.4, -0.2) is 37.5 Å². The lowest BCUT2D eigenvalue weighted by molar-refractivity contribution is 0.0948. The van der Waals surface area contributed by atoms with Crippen LogP contribution in [0.1, 0.15) is 22.3 Å². The second kappa shape index (κ2) is 6.04. The van der Waals surface area contributed by atoms with Gasteiger partial charge in [-0.05, 0) is 50.6 Å². The molecule has 1 aliphatic heterocycles. The lowest BCUT2D eigenvalue weighted by atomic mass is 10.1. The zero-order valence-electron chi connectivity index (χ0n) is 11.6. The fraction of sp³-hybridized carbons (Fsp3) is 0.500. The molecule has 2 rings (SSSR count). The zero-order valence-corrected chi connectivity index (χ0v) is 11.6. The normalized spacial score (nSPS) is 19.4. The van der Waals surface area contributed by atoms with Gasteiger partial charge in [0.2, 0.25) is 0 Å². The Morgan fingerprint density at radius 3 is 2.95 bits per heavy atom. The summed E-state index contributed by atoms with van der Waals surface area (Å²) in [6, 6.07) is 5.60. The van der Waals surface area contributed by atoms with Crippen LogP contribution in [0.3, 0.4) is 0 Å². The molecule has 0 radical (unpaired) electrons. The second-order valence-electron chi connectivity index (χ2n) is 5.32. The number of amides is 1. The minimum Gasteiger partial charge on any atom is -0.352 e. The summed E-state index contributed by atoms with van der Waals surface area (Å²) in [7, 11) is 2.11. The van der Waals surface area contributed by atoms with Crippen LogP contribution in [0.4, 0.5) is 5.69 Å². The van der Waals surface area contributed by atoms with Crippen LogP contribution in [0.15, 0.2) is 18.2 Å². The molecule has 1 unspecified atom stereocenters. The molecule has 1 aromatic rings. The maximum absolute atomic E-state index is 12.2. The molecule has 1 saturated heterocycles. The molecule has 1 amide bonds. The van der Waals surface area contributed by atoms with Crippen molar-refractivity contribution in [1.82, 2.24) is 10.2 Å². The Morgan fingerprint density at radius 2 is 2.32 bits per heavy atom. The van der Waals surface area contributed by atoms with E-state index in [1.165, 1.54) is 0 Å². The lowest BCUT2D eigenvalue weighted by Crippen LogP contribution is -2.31. The van der Waals surface area contributed by atoms with Crippen LogP contribution in [0.25, 0.3) is 0 Å². The molecule has 104 valence electrons. The van der Waals surface area contributed by atoms with E-state index >= 15 is 0 Å². The Bertz CT molecular complexity index is 461. The van der Waals surface area contributed by atoms with Crippen molar-refractivity contribution in [3.8, 4) is 0 Å². The van der Waals surface area contributed by atoms with E-state index in [0.29, 0.717) is 17.2 Å². The van der Waals surface area contributed by atoms with Gasteiger partial charge in [-0.3, -0.25) is 10.6 Å². The third kappa shape index (κ3) is 3.45. The minimum atomic E-state index is -0.0671. The summed E-state index contributed by atoms with van der Waals surface area (Å²) in [5.41, 5.74) is 4.92. The monoisotopic (exact) mass is 262 g/mol. The van der Waals surface area contributed by atoms with Crippen LogP contribution < -0.4 is 16.6 Å². The van der Waals surface area contributed by atoms with Gasteiger partial charge in [0.1, 0.15) is 0 Å². The molecule has 5 nitrogen and oxygen atoms in total. The molecule has 0 saturated carbocycles. The third-order valence-corrected chi connectivity index (χ3v) is 3.62. The second-order valence-corrected chi connectivity index (χ2v) is 5.32. The smallest absolute Gasteiger partial charge is 0.253 e. The number of rotatable bonds is 4. The Morgan fingerprint density at radius 1 is 1.53 bits per heavy atom. The number of hydrazine groups is 1. The van der Waals surface area contributed by atoms with Crippen molar-refractivity contribution in [2.24, 2.45) is 11.8 Å². The first-order chi connectivity index (χ1) is 9.10. The number of aryl methyl sites for hydroxylation is 1. The fourth-order valence-electron chi connectivity index (χ4n) is 2.50. The first-order valence-electron chi connectivity index (χ1n) is 6.64. The summed E-state index contributed by atoms with van der Waals surface area (Å²) in [4.78, 5) is 14.4. The minimum absolute atomic E-state index is 0.0671. The SMILES string of the molecule is Cc1ccc(C(=O)NCC2CCN(C)C2)c(NN)c1. The van der Waals surface area contributed by atoms with Crippen molar-refractivity contribution in [2.45, 2.75) is 13.3 Å². The van der Waals surface area contributed by atoms with E-state index in [4.69, 9.17) is 5.84 Å². The van der Waals surface area contributed by atoms with Gasteiger partial charge in [0, 0.05) is 13.1 Å². The average molecular weight is 262 g/mol. The first-order valence-corrected chi connectivity index (χ1v) is 6.64. The summed E-state index contributed by atoms with van der Waals surface area (Å²) in [5.74, 6) is 5.94. The molecule has 1 atom stereocenters. The topological polar surface area (TPSA) is 70.4 Å². The van der Waals surface area contributed by atoms with Crippen LogP contribution in [0.5, 0.6) is 0 Å². The molecule has 0 aliphatic carbocycles. The number of anilines is 1. The van der Waals surface area contributed by atoms with E-state index in [1.54, 1.807) is 6.07 Å². The largest absolute Gasteiger partial charge is 0.352 e. The van der Waals surface area contributed by atoms with E-state index in [2.05, 4.69) is 22.7 Å². The van der Waals surface area contributed by atoms with E-state index in [9.17, 15) is 4.79 Å². The van der Waals surface area contributed by atoms with Gasteiger partial charge in [-0.1, -0.05) is 6.07 Å². The van der Waals surface area contributed by atoms with E-state index in [0.717, 1.165) is 31.6 Å². The number of nitrogens with zero attached hydrogens (tertiary/aromatic N) is 1. The lowest BCUT2D eigenvalue weighted by Gasteiger charge is -2.13. The predicted octanol–water partition coefficient (Wildman–Crippen LogP) is 0.962. The van der Waals surface area contributed by atoms with Gasteiger partial charge in [0.25, 0.3) is 5.91 Å². The molecular weight excluding hydrogens is 240 g/mol. The molecule has 4 N–H and O–H groups in total. The number of nitrogens with one attached hydrogen (secondary N) is 2. The van der Waals surface area contributed by atoms with Crippen LogP contribution in [0, 0.1) is 12.8 Å². The maximum atomic E-state index is 12.2. The summed E-state index contributed by atoms with van der Waals surface area (Å²) < 4.78 is 0. The van der Waals surface area contributed by atoms with Gasteiger partial charge in [-0.2, -0.15) is 0 Å². The Hall–Kier alpha value is -1.59. The third-order valence-electron chi connectivity index (χ3n) is 3.62. The highest BCUT2D eigenvalue weighted by Crippen LogP contribution is 2.17. The highest BCUT2D eigenvalue weighted by atomic mass is 16.1. The maximum Gasteiger partial charge on any atom is 0.253 e. The molecule has 1 heterocycles. The molecule has 0 aromatic heterocycles. The molecular formula is C14H22N4O. The molecule has 5 heteroatoms. The molecule has 1 aliphatic rings.